The number of rotatable bonds is 2. The number of aliphatic hydroxyl groups excluding tert-OH is 1. The number of hydrogen-bond donors (Lipinski definition) is 1. The molecular formula is C13H18O. The average Bonchev–Trinajstić information content (AvgIpc) is 2.15. The molecule has 1 N–H and O–H groups in total. The summed E-state index contributed by atoms with van der Waals surface area (Å²) < 4.78 is 0. The standard InChI is InChI=1S/C13H18O/c1-9-8-10(2)12(4)13(11(9)3)6-5-7-14/h5-6,8,14H,7H2,1-4H3. The van der Waals surface area contributed by atoms with Crippen LogP contribution in [0, 0.1) is 27.7 Å². The van der Waals surface area contributed by atoms with Crippen molar-refractivity contribution in [3.63, 3.8) is 0 Å². The summed E-state index contributed by atoms with van der Waals surface area (Å²) in [6, 6.07) is 2.21. The first-order chi connectivity index (χ1) is 6.57. The summed E-state index contributed by atoms with van der Waals surface area (Å²) in [5.74, 6) is 0. The van der Waals surface area contributed by atoms with Crippen molar-refractivity contribution in [2.75, 3.05) is 6.61 Å². The van der Waals surface area contributed by atoms with Crippen LogP contribution < -0.4 is 0 Å². The van der Waals surface area contributed by atoms with E-state index in [1.54, 1.807) is 6.08 Å². The second-order valence-corrected chi connectivity index (χ2v) is 3.76. The molecule has 1 nitrogen and oxygen atoms in total. The molecule has 0 spiro atoms. The van der Waals surface area contributed by atoms with E-state index in [2.05, 4.69) is 33.8 Å². The van der Waals surface area contributed by atoms with Crippen LogP contribution in [0.4, 0.5) is 0 Å². The number of hydrogen-bond acceptors (Lipinski definition) is 1. The van der Waals surface area contributed by atoms with E-state index in [0.717, 1.165) is 0 Å². The van der Waals surface area contributed by atoms with Crippen LogP contribution in [-0.2, 0) is 0 Å². The SMILES string of the molecule is Cc1cc(C)c(C)c(C=CCO)c1C. The summed E-state index contributed by atoms with van der Waals surface area (Å²) >= 11 is 0. The summed E-state index contributed by atoms with van der Waals surface area (Å²) in [4.78, 5) is 0. The highest BCUT2D eigenvalue weighted by atomic mass is 16.2. The summed E-state index contributed by atoms with van der Waals surface area (Å²) in [6.45, 7) is 8.60. The van der Waals surface area contributed by atoms with Crippen LogP contribution in [0.2, 0.25) is 0 Å². The lowest BCUT2D eigenvalue weighted by Crippen LogP contribution is -1.94. The van der Waals surface area contributed by atoms with Gasteiger partial charge in [-0.25, -0.2) is 0 Å². The molecule has 0 aliphatic carbocycles. The van der Waals surface area contributed by atoms with Gasteiger partial charge in [-0.2, -0.15) is 0 Å². The number of aryl methyl sites for hydroxylation is 2. The molecule has 1 heteroatoms. The molecule has 1 aromatic carbocycles. The first kappa shape index (κ1) is 11.0. The molecule has 0 radical (unpaired) electrons. The Hall–Kier alpha value is -1.08. The molecule has 0 atom stereocenters. The fourth-order valence-corrected chi connectivity index (χ4v) is 1.67. The van der Waals surface area contributed by atoms with Crippen molar-refractivity contribution in [2.45, 2.75) is 27.7 Å². The molecule has 0 aliphatic heterocycles. The fourth-order valence-electron chi connectivity index (χ4n) is 1.67. The smallest absolute Gasteiger partial charge is 0.0615 e. The van der Waals surface area contributed by atoms with Gasteiger partial charge in [0.05, 0.1) is 6.61 Å². The Bertz CT molecular complexity index is 336. The molecule has 0 aliphatic rings. The Kier molecular flexibility index (Phi) is 3.48. The third kappa shape index (κ3) is 2.05. The van der Waals surface area contributed by atoms with Gasteiger partial charge in [0.1, 0.15) is 0 Å². The number of benzene rings is 1. The van der Waals surface area contributed by atoms with Crippen LogP contribution >= 0.6 is 0 Å². The van der Waals surface area contributed by atoms with Crippen molar-refractivity contribution >= 4 is 6.08 Å². The van der Waals surface area contributed by atoms with E-state index in [1.165, 1.54) is 27.8 Å². The van der Waals surface area contributed by atoms with Crippen molar-refractivity contribution in [1.82, 2.24) is 0 Å². The predicted molar refractivity (Wildman–Crippen MR) is 61.5 cm³/mol. The van der Waals surface area contributed by atoms with Crippen molar-refractivity contribution in [2.24, 2.45) is 0 Å². The molecule has 0 unspecified atom stereocenters. The minimum Gasteiger partial charge on any atom is -0.392 e. The maximum absolute atomic E-state index is 8.76. The van der Waals surface area contributed by atoms with E-state index in [1.807, 2.05) is 6.08 Å². The van der Waals surface area contributed by atoms with Crippen molar-refractivity contribution in [1.29, 1.82) is 0 Å². The molecule has 0 bridgehead atoms. The van der Waals surface area contributed by atoms with E-state index in [9.17, 15) is 0 Å². The Balaban J connectivity index is 3.32. The van der Waals surface area contributed by atoms with Gasteiger partial charge in [-0.15, -0.1) is 0 Å². The van der Waals surface area contributed by atoms with Gasteiger partial charge in [-0.05, 0) is 55.5 Å². The zero-order valence-corrected chi connectivity index (χ0v) is 9.39. The zero-order valence-electron chi connectivity index (χ0n) is 9.39. The minimum absolute atomic E-state index is 0.103. The van der Waals surface area contributed by atoms with Gasteiger partial charge >= 0.3 is 0 Å². The van der Waals surface area contributed by atoms with Crippen LogP contribution in [0.3, 0.4) is 0 Å². The predicted octanol–water partition coefficient (Wildman–Crippen LogP) is 2.93. The molecular weight excluding hydrogens is 172 g/mol. The highest BCUT2D eigenvalue weighted by Crippen LogP contribution is 2.22. The first-order valence-corrected chi connectivity index (χ1v) is 4.92. The van der Waals surface area contributed by atoms with E-state index in [0.29, 0.717) is 0 Å². The molecule has 0 aromatic heterocycles. The highest BCUT2D eigenvalue weighted by Gasteiger charge is 2.04. The van der Waals surface area contributed by atoms with Gasteiger partial charge in [-0.3, -0.25) is 0 Å². The Labute approximate surface area is 86.1 Å². The molecule has 0 heterocycles. The highest BCUT2D eigenvalue weighted by molar-refractivity contribution is 5.61. The second-order valence-electron chi connectivity index (χ2n) is 3.76. The normalized spacial score (nSPS) is 11.2. The second kappa shape index (κ2) is 4.43. The van der Waals surface area contributed by atoms with Crippen molar-refractivity contribution < 1.29 is 5.11 Å². The third-order valence-corrected chi connectivity index (χ3v) is 2.81. The number of aliphatic hydroxyl groups is 1. The van der Waals surface area contributed by atoms with Crippen LogP contribution in [0.5, 0.6) is 0 Å². The molecule has 14 heavy (non-hydrogen) atoms. The lowest BCUT2D eigenvalue weighted by atomic mass is 9.94. The van der Waals surface area contributed by atoms with Gasteiger partial charge < -0.3 is 5.11 Å². The molecule has 1 rings (SSSR count). The van der Waals surface area contributed by atoms with E-state index in [4.69, 9.17) is 5.11 Å². The van der Waals surface area contributed by atoms with Crippen molar-refractivity contribution in [3.8, 4) is 0 Å². The quantitative estimate of drug-likeness (QED) is 0.760. The maximum Gasteiger partial charge on any atom is 0.0615 e. The van der Waals surface area contributed by atoms with Gasteiger partial charge in [0.2, 0.25) is 0 Å². The summed E-state index contributed by atoms with van der Waals surface area (Å²) in [5.41, 5.74) is 6.48. The Morgan fingerprint density at radius 2 is 1.57 bits per heavy atom. The molecule has 76 valence electrons. The van der Waals surface area contributed by atoms with Crippen molar-refractivity contribution in [3.05, 3.63) is 40.0 Å². The molecule has 0 fully saturated rings. The average molecular weight is 190 g/mol. The lowest BCUT2D eigenvalue weighted by Gasteiger charge is -2.11. The Morgan fingerprint density at radius 1 is 1.07 bits per heavy atom. The Morgan fingerprint density at radius 3 is 2.00 bits per heavy atom. The van der Waals surface area contributed by atoms with Crippen LogP contribution in [0.25, 0.3) is 6.08 Å². The monoisotopic (exact) mass is 190 g/mol. The van der Waals surface area contributed by atoms with E-state index < -0.39 is 0 Å². The van der Waals surface area contributed by atoms with E-state index >= 15 is 0 Å². The zero-order chi connectivity index (χ0) is 10.7. The van der Waals surface area contributed by atoms with Crippen LogP contribution in [-0.4, -0.2) is 11.7 Å². The molecule has 0 saturated heterocycles. The topological polar surface area (TPSA) is 20.2 Å². The summed E-state index contributed by atoms with van der Waals surface area (Å²) in [7, 11) is 0. The first-order valence-electron chi connectivity index (χ1n) is 4.92. The van der Waals surface area contributed by atoms with Gasteiger partial charge in [0.15, 0.2) is 0 Å². The lowest BCUT2D eigenvalue weighted by molar-refractivity contribution is 0.343. The largest absolute Gasteiger partial charge is 0.392 e. The van der Waals surface area contributed by atoms with Gasteiger partial charge in [0, 0.05) is 0 Å². The minimum atomic E-state index is 0.103. The van der Waals surface area contributed by atoms with Crippen LogP contribution in [0.15, 0.2) is 12.1 Å². The summed E-state index contributed by atoms with van der Waals surface area (Å²) in [5, 5.41) is 8.76. The molecule has 0 saturated carbocycles. The summed E-state index contributed by atoms with van der Waals surface area (Å²) in [6.07, 6.45) is 3.79. The maximum atomic E-state index is 8.76. The fraction of sp³-hybridized carbons (Fsp3) is 0.385. The van der Waals surface area contributed by atoms with Gasteiger partial charge in [-0.1, -0.05) is 18.2 Å². The molecule has 0 amide bonds. The van der Waals surface area contributed by atoms with Gasteiger partial charge in [0.25, 0.3) is 0 Å². The van der Waals surface area contributed by atoms with Crippen LogP contribution in [0.1, 0.15) is 27.8 Å². The van der Waals surface area contributed by atoms with E-state index in [-0.39, 0.29) is 6.61 Å². The molecule has 1 aromatic rings. The third-order valence-electron chi connectivity index (χ3n) is 2.81.